The molecule has 1 amide bonds. The van der Waals surface area contributed by atoms with Gasteiger partial charge < -0.3 is 14.5 Å². The fraction of sp³-hybridized carbons (Fsp3) is 0.350. The number of anilines is 1. The molecule has 0 aliphatic carbocycles. The molecule has 3 heterocycles. The Hall–Kier alpha value is -2.69. The number of oxazole rings is 1. The predicted molar refractivity (Wildman–Crippen MR) is 107 cm³/mol. The fourth-order valence-electron chi connectivity index (χ4n) is 3.10. The van der Waals surface area contributed by atoms with E-state index in [4.69, 9.17) is 9.15 Å². The maximum Gasteiger partial charge on any atom is 0.226 e. The van der Waals surface area contributed by atoms with Crippen molar-refractivity contribution >= 4 is 22.4 Å². The first kappa shape index (κ1) is 20.6. The molecule has 1 fully saturated rings. The zero-order chi connectivity index (χ0) is 20.9. The summed E-state index contributed by atoms with van der Waals surface area (Å²) in [7, 11) is 0. The minimum atomic E-state index is -0.730. The smallest absolute Gasteiger partial charge is 0.226 e. The van der Waals surface area contributed by atoms with Crippen molar-refractivity contribution in [1.82, 2.24) is 14.9 Å². The summed E-state index contributed by atoms with van der Waals surface area (Å²) >= 11 is 1.37. The summed E-state index contributed by atoms with van der Waals surface area (Å²) in [6.45, 7) is 3.91. The number of morpholine rings is 1. The molecule has 1 N–H and O–H groups in total. The predicted octanol–water partition coefficient (Wildman–Crippen LogP) is 3.48. The summed E-state index contributed by atoms with van der Waals surface area (Å²) in [5, 5.41) is 5.22. The van der Waals surface area contributed by atoms with Gasteiger partial charge in [-0.05, 0) is 12.1 Å². The first-order valence-corrected chi connectivity index (χ1v) is 10.4. The highest BCUT2D eigenvalue weighted by atomic mass is 32.1. The third-order valence-electron chi connectivity index (χ3n) is 4.62. The summed E-state index contributed by atoms with van der Waals surface area (Å²) < 4.78 is 38.4. The lowest BCUT2D eigenvalue weighted by Gasteiger charge is -2.25. The van der Waals surface area contributed by atoms with Gasteiger partial charge in [-0.1, -0.05) is 6.07 Å². The summed E-state index contributed by atoms with van der Waals surface area (Å²) in [4.78, 5) is 22.9. The lowest BCUT2D eigenvalue weighted by molar-refractivity contribution is -0.116. The molecule has 0 bridgehead atoms. The van der Waals surface area contributed by atoms with Crippen molar-refractivity contribution in [3.05, 3.63) is 53.0 Å². The standard InChI is InChI=1S/C20H20F2N4O3S/c21-14-2-1-3-15(22)19(14)16-10-23-18(29-16)5-4-17(27)25-20-24-13(12-30-20)11-26-6-8-28-9-7-26/h1-3,10,12H,4-9,11H2,(H,24,25,27). The van der Waals surface area contributed by atoms with E-state index in [0.717, 1.165) is 50.7 Å². The van der Waals surface area contributed by atoms with Crippen LogP contribution < -0.4 is 5.32 Å². The molecule has 30 heavy (non-hydrogen) atoms. The highest BCUT2D eigenvalue weighted by Crippen LogP contribution is 2.27. The second kappa shape index (κ2) is 9.41. The molecule has 1 aliphatic heterocycles. The van der Waals surface area contributed by atoms with Gasteiger partial charge in [0, 0.05) is 37.9 Å². The maximum absolute atomic E-state index is 13.8. The Morgan fingerprint density at radius 1 is 1.23 bits per heavy atom. The Labute approximate surface area is 175 Å². The molecule has 4 rings (SSSR count). The molecule has 0 atom stereocenters. The van der Waals surface area contributed by atoms with Crippen LogP contribution in [-0.4, -0.2) is 47.1 Å². The number of halogens is 2. The number of amides is 1. The molecular formula is C20H20F2N4O3S. The minimum absolute atomic E-state index is 0.00585. The maximum atomic E-state index is 13.8. The summed E-state index contributed by atoms with van der Waals surface area (Å²) in [6.07, 6.45) is 1.57. The molecule has 158 valence electrons. The Morgan fingerprint density at radius 2 is 2.00 bits per heavy atom. The van der Waals surface area contributed by atoms with Gasteiger partial charge in [-0.15, -0.1) is 11.3 Å². The first-order valence-electron chi connectivity index (χ1n) is 9.52. The van der Waals surface area contributed by atoms with E-state index in [1.807, 2.05) is 5.38 Å². The molecule has 1 saturated heterocycles. The highest BCUT2D eigenvalue weighted by Gasteiger charge is 2.17. The van der Waals surface area contributed by atoms with Gasteiger partial charge in [0.2, 0.25) is 5.91 Å². The Balaban J connectivity index is 1.29. The van der Waals surface area contributed by atoms with Gasteiger partial charge in [0.1, 0.15) is 11.6 Å². The van der Waals surface area contributed by atoms with E-state index < -0.39 is 11.6 Å². The number of nitrogens with one attached hydrogen (secondary N) is 1. The first-order chi connectivity index (χ1) is 14.6. The van der Waals surface area contributed by atoms with E-state index >= 15 is 0 Å². The topological polar surface area (TPSA) is 80.5 Å². The number of aromatic nitrogens is 2. The second-order valence-electron chi connectivity index (χ2n) is 6.80. The number of thiazole rings is 1. The molecule has 10 heteroatoms. The van der Waals surface area contributed by atoms with Crippen LogP contribution in [0, 0.1) is 11.6 Å². The van der Waals surface area contributed by atoms with Crippen molar-refractivity contribution < 1.29 is 22.7 Å². The number of hydrogen-bond donors (Lipinski definition) is 1. The number of benzene rings is 1. The molecule has 7 nitrogen and oxygen atoms in total. The van der Waals surface area contributed by atoms with Gasteiger partial charge in [0.15, 0.2) is 16.8 Å². The van der Waals surface area contributed by atoms with E-state index in [9.17, 15) is 13.6 Å². The highest BCUT2D eigenvalue weighted by molar-refractivity contribution is 7.13. The molecule has 0 spiro atoms. The van der Waals surface area contributed by atoms with E-state index in [1.54, 1.807) is 0 Å². The van der Waals surface area contributed by atoms with Crippen molar-refractivity contribution in [1.29, 1.82) is 0 Å². The van der Waals surface area contributed by atoms with Gasteiger partial charge in [-0.25, -0.2) is 18.7 Å². The number of nitrogens with zero attached hydrogens (tertiary/aromatic N) is 3. The van der Waals surface area contributed by atoms with Gasteiger partial charge >= 0.3 is 0 Å². The van der Waals surface area contributed by atoms with Crippen LogP contribution in [0.15, 0.2) is 34.2 Å². The number of carbonyl (C=O) groups is 1. The van der Waals surface area contributed by atoms with Crippen molar-refractivity contribution in [2.24, 2.45) is 0 Å². The Bertz CT molecular complexity index is 997. The molecule has 1 aromatic carbocycles. The zero-order valence-electron chi connectivity index (χ0n) is 16.1. The Kier molecular flexibility index (Phi) is 6.46. The van der Waals surface area contributed by atoms with Gasteiger partial charge in [-0.2, -0.15) is 0 Å². The molecule has 2 aromatic heterocycles. The number of carbonyl (C=O) groups excluding carboxylic acids is 1. The average molecular weight is 434 g/mol. The van der Waals surface area contributed by atoms with Gasteiger partial charge in [-0.3, -0.25) is 9.69 Å². The summed E-state index contributed by atoms with van der Waals surface area (Å²) in [5.74, 6) is -1.47. The van der Waals surface area contributed by atoms with Crippen LogP contribution in [0.3, 0.4) is 0 Å². The molecule has 1 aliphatic rings. The number of rotatable bonds is 7. The molecule has 0 saturated carbocycles. The SMILES string of the molecule is O=C(CCc1ncc(-c2c(F)cccc2F)o1)Nc1nc(CN2CCOCC2)cs1. The third kappa shape index (κ3) is 5.07. The number of ether oxygens (including phenoxy) is 1. The fourth-order valence-corrected chi connectivity index (χ4v) is 3.82. The minimum Gasteiger partial charge on any atom is -0.441 e. The second-order valence-corrected chi connectivity index (χ2v) is 7.65. The van der Waals surface area contributed by atoms with Crippen molar-refractivity contribution in [2.75, 3.05) is 31.6 Å². The number of hydrogen-bond acceptors (Lipinski definition) is 7. The van der Waals surface area contributed by atoms with Crippen LogP contribution in [0.25, 0.3) is 11.3 Å². The summed E-state index contributed by atoms with van der Waals surface area (Å²) in [6, 6.07) is 3.57. The third-order valence-corrected chi connectivity index (χ3v) is 5.42. The van der Waals surface area contributed by atoms with Crippen LogP contribution in [0.4, 0.5) is 13.9 Å². The summed E-state index contributed by atoms with van der Waals surface area (Å²) in [5.41, 5.74) is 0.637. The van der Waals surface area contributed by atoms with E-state index in [0.29, 0.717) is 5.13 Å². The molecular weight excluding hydrogens is 414 g/mol. The van der Waals surface area contributed by atoms with Crippen molar-refractivity contribution in [3.63, 3.8) is 0 Å². The quantitative estimate of drug-likeness (QED) is 0.613. The van der Waals surface area contributed by atoms with Crippen LogP contribution in [0.5, 0.6) is 0 Å². The molecule has 0 unspecified atom stereocenters. The van der Waals surface area contributed by atoms with E-state index in [1.165, 1.54) is 23.6 Å². The normalized spacial score (nSPS) is 14.7. The van der Waals surface area contributed by atoms with E-state index in [2.05, 4.69) is 20.2 Å². The lowest BCUT2D eigenvalue weighted by Crippen LogP contribution is -2.35. The molecule has 3 aromatic rings. The largest absolute Gasteiger partial charge is 0.441 e. The van der Waals surface area contributed by atoms with Crippen LogP contribution >= 0.6 is 11.3 Å². The van der Waals surface area contributed by atoms with Gasteiger partial charge in [0.25, 0.3) is 0 Å². The lowest BCUT2D eigenvalue weighted by atomic mass is 10.1. The van der Waals surface area contributed by atoms with Crippen LogP contribution in [0.2, 0.25) is 0 Å². The zero-order valence-corrected chi connectivity index (χ0v) is 16.9. The van der Waals surface area contributed by atoms with Gasteiger partial charge in [0.05, 0.1) is 30.7 Å². The monoisotopic (exact) mass is 434 g/mol. The Morgan fingerprint density at radius 3 is 2.77 bits per heavy atom. The van der Waals surface area contributed by atoms with Crippen LogP contribution in [-0.2, 0) is 22.5 Å². The van der Waals surface area contributed by atoms with Crippen LogP contribution in [0.1, 0.15) is 18.0 Å². The average Bonchev–Trinajstić information content (AvgIpc) is 3.37. The van der Waals surface area contributed by atoms with Crippen molar-refractivity contribution in [2.45, 2.75) is 19.4 Å². The van der Waals surface area contributed by atoms with E-state index in [-0.39, 0.29) is 36.0 Å². The number of aryl methyl sites for hydroxylation is 1. The molecule has 0 radical (unpaired) electrons. The van der Waals surface area contributed by atoms with Crippen molar-refractivity contribution in [3.8, 4) is 11.3 Å².